The number of hydrogen-bond acceptors (Lipinski definition) is 2. The Bertz CT molecular complexity index is 409. The molecular weight excluding hydrogens is 277 g/mol. The summed E-state index contributed by atoms with van der Waals surface area (Å²) in [4.78, 5) is 4.09. The Balaban J connectivity index is 2.49. The second-order valence-corrected chi connectivity index (χ2v) is 3.96. The second kappa shape index (κ2) is 3.49. The van der Waals surface area contributed by atoms with Gasteiger partial charge in [0.05, 0.1) is 6.20 Å². The summed E-state index contributed by atoms with van der Waals surface area (Å²) in [6, 6.07) is 6.16. The van der Waals surface area contributed by atoms with Crippen LogP contribution in [0.4, 0.5) is 0 Å². The van der Waals surface area contributed by atoms with Crippen LogP contribution in [0.3, 0.4) is 0 Å². The number of aryl methyl sites for hydroxylation is 1. The van der Waals surface area contributed by atoms with Gasteiger partial charge in [-0.15, -0.1) is 0 Å². The van der Waals surface area contributed by atoms with Gasteiger partial charge < -0.3 is 4.42 Å². The SMILES string of the molecule is Cc1ccc(-c2ncco2)cc1I. The maximum atomic E-state index is 5.20. The smallest absolute Gasteiger partial charge is 0.225 e. The molecule has 0 bridgehead atoms. The highest BCUT2D eigenvalue weighted by Crippen LogP contribution is 2.21. The van der Waals surface area contributed by atoms with Crippen LogP contribution < -0.4 is 0 Å². The number of rotatable bonds is 1. The van der Waals surface area contributed by atoms with Gasteiger partial charge in [-0.3, -0.25) is 0 Å². The van der Waals surface area contributed by atoms with Crippen molar-refractivity contribution in [3.8, 4) is 11.5 Å². The van der Waals surface area contributed by atoms with Crippen molar-refractivity contribution in [2.24, 2.45) is 0 Å². The van der Waals surface area contributed by atoms with Gasteiger partial charge in [-0.1, -0.05) is 6.07 Å². The summed E-state index contributed by atoms with van der Waals surface area (Å²) in [6.45, 7) is 2.08. The first kappa shape index (κ1) is 8.74. The van der Waals surface area contributed by atoms with Crippen LogP contribution >= 0.6 is 22.6 Å². The Labute approximate surface area is 90.1 Å². The van der Waals surface area contributed by atoms with Gasteiger partial charge in [0.25, 0.3) is 0 Å². The Hall–Kier alpha value is -0.840. The van der Waals surface area contributed by atoms with E-state index in [1.807, 2.05) is 6.07 Å². The van der Waals surface area contributed by atoms with Crippen LogP contribution in [-0.4, -0.2) is 4.98 Å². The van der Waals surface area contributed by atoms with Gasteiger partial charge in [0.1, 0.15) is 6.26 Å². The first-order valence-electron chi connectivity index (χ1n) is 3.93. The molecule has 0 aliphatic carbocycles. The molecule has 0 unspecified atom stereocenters. The zero-order valence-corrected chi connectivity index (χ0v) is 9.28. The standard InChI is InChI=1S/C10H8INO/c1-7-2-3-8(6-9(7)11)10-12-4-5-13-10/h2-6H,1H3. The van der Waals surface area contributed by atoms with Crippen LogP contribution in [0.1, 0.15) is 5.56 Å². The Morgan fingerprint density at radius 1 is 1.38 bits per heavy atom. The molecule has 0 fully saturated rings. The summed E-state index contributed by atoms with van der Waals surface area (Å²) >= 11 is 2.31. The van der Waals surface area contributed by atoms with Crippen molar-refractivity contribution in [2.45, 2.75) is 6.92 Å². The average molecular weight is 285 g/mol. The molecule has 0 N–H and O–H groups in total. The summed E-state index contributed by atoms with van der Waals surface area (Å²) < 4.78 is 6.43. The Morgan fingerprint density at radius 2 is 2.23 bits per heavy atom. The van der Waals surface area contributed by atoms with Crippen molar-refractivity contribution in [3.63, 3.8) is 0 Å². The van der Waals surface area contributed by atoms with E-state index in [4.69, 9.17) is 4.42 Å². The molecule has 66 valence electrons. The van der Waals surface area contributed by atoms with Gasteiger partial charge in [0.2, 0.25) is 5.89 Å². The summed E-state index contributed by atoms with van der Waals surface area (Å²) in [6.07, 6.45) is 3.24. The summed E-state index contributed by atoms with van der Waals surface area (Å²) in [5, 5.41) is 0. The fourth-order valence-electron chi connectivity index (χ4n) is 1.09. The van der Waals surface area contributed by atoms with Crippen LogP contribution in [0.15, 0.2) is 35.1 Å². The molecular formula is C10H8INO. The van der Waals surface area contributed by atoms with Crippen molar-refractivity contribution in [2.75, 3.05) is 0 Å². The molecule has 2 aromatic rings. The predicted molar refractivity (Wildman–Crippen MR) is 59.4 cm³/mol. The summed E-state index contributed by atoms with van der Waals surface area (Å²) in [5.41, 5.74) is 2.30. The van der Waals surface area contributed by atoms with Crippen molar-refractivity contribution in [1.82, 2.24) is 4.98 Å². The number of benzene rings is 1. The van der Waals surface area contributed by atoms with Gasteiger partial charge in [-0.05, 0) is 47.2 Å². The van der Waals surface area contributed by atoms with Gasteiger partial charge in [0, 0.05) is 9.13 Å². The quantitative estimate of drug-likeness (QED) is 0.752. The molecule has 0 spiro atoms. The molecule has 0 saturated heterocycles. The van der Waals surface area contributed by atoms with E-state index in [-0.39, 0.29) is 0 Å². The third-order valence-corrected chi connectivity index (χ3v) is 3.01. The van der Waals surface area contributed by atoms with Gasteiger partial charge in [-0.2, -0.15) is 0 Å². The maximum absolute atomic E-state index is 5.20. The molecule has 13 heavy (non-hydrogen) atoms. The molecule has 0 saturated carbocycles. The van der Waals surface area contributed by atoms with Crippen LogP contribution in [0.25, 0.3) is 11.5 Å². The largest absolute Gasteiger partial charge is 0.445 e. The van der Waals surface area contributed by atoms with Crippen LogP contribution in [0, 0.1) is 10.5 Å². The fourth-order valence-corrected chi connectivity index (χ4v) is 1.61. The van der Waals surface area contributed by atoms with Crippen molar-refractivity contribution in [1.29, 1.82) is 0 Å². The molecule has 0 radical (unpaired) electrons. The zero-order valence-electron chi connectivity index (χ0n) is 7.12. The predicted octanol–water partition coefficient (Wildman–Crippen LogP) is 3.25. The van der Waals surface area contributed by atoms with Gasteiger partial charge >= 0.3 is 0 Å². The lowest BCUT2D eigenvalue weighted by Crippen LogP contribution is -1.82. The minimum Gasteiger partial charge on any atom is -0.445 e. The minimum absolute atomic E-state index is 0.679. The Kier molecular flexibility index (Phi) is 2.35. The lowest BCUT2D eigenvalue weighted by Gasteiger charge is -1.99. The van der Waals surface area contributed by atoms with E-state index < -0.39 is 0 Å². The van der Waals surface area contributed by atoms with Crippen LogP contribution in [0.5, 0.6) is 0 Å². The molecule has 0 atom stereocenters. The highest BCUT2D eigenvalue weighted by Gasteiger charge is 2.03. The zero-order chi connectivity index (χ0) is 9.26. The minimum atomic E-state index is 0.679. The normalized spacial score (nSPS) is 10.3. The number of halogens is 1. The number of aromatic nitrogens is 1. The van der Waals surface area contributed by atoms with Crippen LogP contribution in [0.2, 0.25) is 0 Å². The number of hydrogen-bond donors (Lipinski definition) is 0. The molecule has 0 aliphatic rings. The van der Waals surface area contributed by atoms with E-state index in [2.05, 4.69) is 46.6 Å². The van der Waals surface area contributed by atoms with E-state index in [1.165, 1.54) is 9.13 Å². The van der Waals surface area contributed by atoms with E-state index in [0.717, 1.165) is 5.56 Å². The highest BCUT2D eigenvalue weighted by molar-refractivity contribution is 14.1. The number of oxazole rings is 1. The molecule has 2 nitrogen and oxygen atoms in total. The first-order valence-corrected chi connectivity index (χ1v) is 5.01. The van der Waals surface area contributed by atoms with Crippen LogP contribution in [-0.2, 0) is 0 Å². The second-order valence-electron chi connectivity index (χ2n) is 2.80. The van der Waals surface area contributed by atoms with Crippen molar-refractivity contribution in [3.05, 3.63) is 39.8 Å². The Morgan fingerprint density at radius 3 is 2.85 bits per heavy atom. The maximum Gasteiger partial charge on any atom is 0.225 e. The lowest BCUT2D eigenvalue weighted by molar-refractivity contribution is 0.574. The molecule has 2 rings (SSSR count). The highest BCUT2D eigenvalue weighted by atomic mass is 127. The van der Waals surface area contributed by atoms with E-state index in [9.17, 15) is 0 Å². The third kappa shape index (κ3) is 1.75. The van der Waals surface area contributed by atoms with Gasteiger partial charge in [-0.25, -0.2) is 4.98 Å². The third-order valence-electron chi connectivity index (χ3n) is 1.85. The molecule has 1 aromatic carbocycles. The molecule has 1 heterocycles. The fraction of sp³-hybridized carbons (Fsp3) is 0.100. The van der Waals surface area contributed by atoms with E-state index in [1.54, 1.807) is 12.5 Å². The summed E-state index contributed by atoms with van der Waals surface area (Å²) in [5.74, 6) is 0.679. The van der Waals surface area contributed by atoms with Gasteiger partial charge in [0.15, 0.2) is 0 Å². The number of nitrogens with zero attached hydrogens (tertiary/aromatic N) is 1. The molecule has 0 aliphatic heterocycles. The molecule has 1 aromatic heterocycles. The molecule has 3 heteroatoms. The molecule has 0 amide bonds. The monoisotopic (exact) mass is 285 g/mol. The van der Waals surface area contributed by atoms with E-state index in [0.29, 0.717) is 5.89 Å². The summed E-state index contributed by atoms with van der Waals surface area (Å²) in [7, 11) is 0. The lowest BCUT2D eigenvalue weighted by atomic mass is 10.1. The topological polar surface area (TPSA) is 26.0 Å². The van der Waals surface area contributed by atoms with Crippen molar-refractivity contribution >= 4 is 22.6 Å². The van der Waals surface area contributed by atoms with E-state index >= 15 is 0 Å². The van der Waals surface area contributed by atoms with Crippen molar-refractivity contribution < 1.29 is 4.42 Å². The average Bonchev–Trinajstić information content (AvgIpc) is 2.62. The first-order chi connectivity index (χ1) is 6.27.